The molecule has 0 aliphatic heterocycles. The fraction of sp³-hybridized carbons (Fsp3) is 0.619. The van der Waals surface area contributed by atoms with Crippen LogP contribution in [0.2, 0.25) is 0 Å². The van der Waals surface area contributed by atoms with Crippen LogP contribution in [0.4, 0.5) is 4.39 Å². The Balaban J connectivity index is 1.74. The van der Waals surface area contributed by atoms with Crippen LogP contribution in [0.5, 0.6) is 0 Å². The zero-order valence-electron chi connectivity index (χ0n) is 14.1. The average Bonchev–Trinajstić information content (AvgIpc) is 2.58. The molecule has 122 valence electrons. The Bertz CT molecular complexity index is 424. The molecule has 1 fully saturated rings. The predicted octanol–water partition coefficient (Wildman–Crippen LogP) is 6.96. The Hall–Kier alpha value is -1.11. The summed E-state index contributed by atoms with van der Waals surface area (Å²) in [6, 6.07) is 8.83. The van der Waals surface area contributed by atoms with Crippen molar-refractivity contribution in [3.05, 3.63) is 47.8 Å². The highest BCUT2D eigenvalue weighted by Crippen LogP contribution is 2.37. The van der Waals surface area contributed by atoms with E-state index in [0.717, 1.165) is 11.8 Å². The van der Waals surface area contributed by atoms with E-state index in [2.05, 4.69) is 31.2 Å². The highest BCUT2D eigenvalue weighted by atomic mass is 19.1. The van der Waals surface area contributed by atoms with Crippen LogP contribution in [0, 0.1) is 5.92 Å². The van der Waals surface area contributed by atoms with E-state index in [1.807, 2.05) is 0 Å². The van der Waals surface area contributed by atoms with Crippen molar-refractivity contribution in [2.24, 2.45) is 5.92 Å². The van der Waals surface area contributed by atoms with Crippen LogP contribution >= 0.6 is 0 Å². The molecule has 0 nitrogen and oxygen atoms in total. The van der Waals surface area contributed by atoms with E-state index >= 15 is 0 Å². The summed E-state index contributed by atoms with van der Waals surface area (Å²) in [5.41, 5.74) is 2.68. The van der Waals surface area contributed by atoms with Gasteiger partial charge in [0.1, 0.15) is 0 Å². The molecule has 0 amide bonds. The molecule has 1 aromatic rings. The lowest BCUT2D eigenvalue weighted by Gasteiger charge is -2.29. The molecule has 1 saturated carbocycles. The van der Waals surface area contributed by atoms with Crippen LogP contribution in [-0.2, 0) is 6.42 Å². The molecule has 0 unspecified atom stereocenters. The van der Waals surface area contributed by atoms with Gasteiger partial charge < -0.3 is 0 Å². The van der Waals surface area contributed by atoms with Crippen LogP contribution in [0.15, 0.2) is 36.7 Å². The molecule has 0 atom stereocenters. The molecule has 0 N–H and O–H groups in total. The number of allylic oxidation sites excluding steroid dienone is 1. The number of halogens is 1. The number of hydrogen-bond acceptors (Lipinski definition) is 0. The highest BCUT2D eigenvalue weighted by Gasteiger charge is 2.21. The quantitative estimate of drug-likeness (QED) is 0.455. The van der Waals surface area contributed by atoms with Gasteiger partial charge in [-0.05, 0) is 55.1 Å². The van der Waals surface area contributed by atoms with Crippen LogP contribution in [0.1, 0.15) is 81.8 Å². The Kier molecular flexibility index (Phi) is 7.70. The minimum absolute atomic E-state index is 0.635. The third kappa shape index (κ3) is 5.59. The van der Waals surface area contributed by atoms with Gasteiger partial charge in [0.2, 0.25) is 0 Å². The molecule has 0 spiro atoms. The Morgan fingerprint density at radius 2 is 1.73 bits per heavy atom. The van der Waals surface area contributed by atoms with Crippen LogP contribution < -0.4 is 0 Å². The molecule has 2 rings (SSSR count). The van der Waals surface area contributed by atoms with Gasteiger partial charge in [-0.15, -0.1) is 0 Å². The lowest BCUT2D eigenvalue weighted by Crippen LogP contribution is -2.13. The lowest BCUT2D eigenvalue weighted by atomic mass is 9.77. The van der Waals surface area contributed by atoms with Crippen molar-refractivity contribution >= 4 is 0 Å². The van der Waals surface area contributed by atoms with Gasteiger partial charge in [-0.2, -0.15) is 0 Å². The van der Waals surface area contributed by atoms with Crippen molar-refractivity contribution in [2.45, 2.75) is 77.0 Å². The number of unbranched alkanes of at least 4 members (excludes halogenated alkanes) is 3. The maximum atomic E-state index is 12.0. The largest absolute Gasteiger partial charge is 0.216 e. The van der Waals surface area contributed by atoms with E-state index in [-0.39, 0.29) is 0 Å². The van der Waals surface area contributed by atoms with Crippen molar-refractivity contribution in [1.29, 1.82) is 0 Å². The number of rotatable bonds is 8. The van der Waals surface area contributed by atoms with E-state index in [1.54, 1.807) is 6.08 Å². The van der Waals surface area contributed by atoms with E-state index in [9.17, 15) is 4.39 Å². The van der Waals surface area contributed by atoms with Gasteiger partial charge >= 0.3 is 0 Å². The van der Waals surface area contributed by atoms with Gasteiger partial charge in [-0.3, -0.25) is 0 Å². The summed E-state index contributed by atoms with van der Waals surface area (Å²) >= 11 is 0. The second-order valence-corrected chi connectivity index (χ2v) is 6.87. The average molecular weight is 302 g/mol. The fourth-order valence-corrected chi connectivity index (χ4v) is 3.75. The van der Waals surface area contributed by atoms with Crippen molar-refractivity contribution < 1.29 is 4.39 Å². The second-order valence-electron chi connectivity index (χ2n) is 6.87. The monoisotopic (exact) mass is 302 g/mol. The summed E-state index contributed by atoms with van der Waals surface area (Å²) < 4.78 is 12.0. The normalized spacial score (nSPS) is 22.3. The molecular weight excluding hydrogens is 271 g/mol. The third-order valence-electron chi connectivity index (χ3n) is 5.21. The number of benzene rings is 1. The topological polar surface area (TPSA) is 0 Å². The van der Waals surface area contributed by atoms with E-state index in [4.69, 9.17) is 0 Å². The summed E-state index contributed by atoms with van der Waals surface area (Å²) in [6.45, 7) is 2.28. The standard InChI is InChI=1S/C21H31F/c1-2-3-4-5-7-18-9-13-20(14-10-18)21-15-11-19(12-16-21)8-6-17-22/h6,11-12,15-18,20H,2-5,7-10,13-14H2,1H3/b17-6+. The molecule has 1 aromatic carbocycles. The van der Waals surface area contributed by atoms with Crippen molar-refractivity contribution in [1.82, 2.24) is 0 Å². The van der Waals surface area contributed by atoms with Gasteiger partial charge in [-0.1, -0.05) is 69.4 Å². The zero-order chi connectivity index (χ0) is 15.6. The molecule has 0 aromatic heterocycles. The third-order valence-corrected chi connectivity index (χ3v) is 5.21. The first kappa shape index (κ1) is 17.2. The molecule has 0 radical (unpaired) electrons. The first-order chi connectivity index (χ1) is 10.8. The Labute approximate surface area is 135 Å². The molecule has 1 aliphatic rings. The van der Waals surface area contributed by atoms with Gasteiger partial charge in [0, 0.05) is 0 Å². The molecule has 1 aliphatic carbocycles. The first-order valence-electron chi connectivity index (χ1n) is 9.17. The van der Waals surface area contributed by atoms with E-state index < -0.39 is 0 Å². The van der Waals surface area contributed by atoms with Crippen molar-refractivity contribution in [3.8, 4) is 0 Å². The molecule has 0 saturated heterocycles. The van der Waals surface area contributed by atoms with E-state index in [1.165, 1.54) is 68.9 Å². The lowest BCUT2D eigenvalue weighted by molar-refractivity contribution is 0.302. The predicted molar refractivity (Wildman–Crippen MR) is 93.9 cm³/mol. The van der Waals surface area contributed by atoms with Crippen LogP contribution in [-0.4, -0.2) is 0 Å². The maximum Gasteiger partial charge on any atom is 0.0830 e. The Morgan fingerprint density at radius 1 is 1.00 bits per heavy atom. The summed E-state index contributed by atoms with van der Waals surface area (Å²) in [7, 11) is 0. The molecule has 22 heavy (non-hydrogen) atoms. The summed E-state index contributed by atoms with van der Waals surface area (Å²) in [4.78, 5) is 0. The number of hydrogen-bond donors (Lipinski definition) is 0. The molecule has 1 heteroatoms. The van der Waals surface area contributed by atoms with Gasteiger partial charge in [-0.25, -0.2) is 4.39 Å². The van der Waals surface area contributed by atoms with Crippen molar-refractivity contribution in [2.75, 3.05) is 0 Å². The summed E-state index contributed by atoms with van der Waals surface area (Å²) in [6.07, 6.45) is 15.4. The molecular formula is C21H31F. The van der Waals surface area contributed by atoms with E-state index in [0.29, 0.717) is 12.8 Å². The van der Waals surface area contributed by atoms with Crippen LogP contribution in [0.25, 0.3) is 0 Å². The first-order valence-corrected chi connectivity index (χ1v) is 9.17. The van der Waals surface area contributed by atoms with Gasteiger partial charge in [0.15, 0.2) is 0 Å². The summed E-state index contributed by atoms with van der Waals surface area (Å²) in [5.74, 6) is 1.72. The summed E-state index contributed by atoms with van der Waals surface area (Å²) in [5, 5.41) is 0. The minimum Gasteiger partial charge on any atom is -0.216 e. The Morgan fingerprint density at radius 3 is 2.36 bits per heavy atom. The molecule has 0 heterocycles. The smallest absolute Gasteiger partial charge is 0.0830 e. The van der Waals surface area contributed by atoms with Gasteiger partial charge in [0.05, 0.1) is 6.33 Å². The van der Waals surface area contributed by atoms with Gasteiger partial charge in [0.25, 0.3) is 0 Å². The fourth-order valence-electron chi connectivity index (χ4n) is 3.75. The second kappa shape index (κ2) is 9.82. The molecule has 0 bridgehead atoms. The highest BCUT2D eigenvalue weighted by molar-refractivity contribution is 5.27. The SMILES string of the molecule is CCCCCCC1CCC(c2ccc(C/C=C/F)cc2)CC1. The minimum atomic E-state index is 0.635. The van der Waals surface area contributed by atoms with Crippen molar-refractivity contribution in [3.63, 3.8) is 0 Å². The maximum absolute atomic E-state index is 12.0. The zero-order valence-corrected chi connectivity index (χ0v) is 14.1. The van der Waals surface area contributed by atoms with Crippen LogP contribution in [0.3, 0.4) is 0 Å².